The molecule has 0 amide bonds. The Morgan fingerprint density at radius 1 is 0.800 bits per heavy atom. The lowest BCUT2D eigenvalue weighted by atomic mass is 9.75. The van der Waals surface area contributed by atoms with Crippen LogP contribution in [-0.4, -0.2) is 39.4 Å². The second-order valence-corrected chi connectivity index (χ2v) is 12.4. The first-order valence-electron chi connectivity index (χ1n) is 14.2. The van der Waals surface area contributed by atoms with Gasteiger partial charge in [-0.15, -0.1) is 5.10 Å². The van der Waals surface area contributed by atoms with Crippen molar-refractivity contribution in [3.05, 3.63) is 11.9 Å². The van der Waals surface area contributed by atoms with Crippen molar-refractivity contribution in [1.82, 2.24) is 15.0 Å². The van der Waals surface area contributed by atoms with E-state index in [9.17, 15) is 0 Å². The Labute approximate surface area is 220 Å². The van der Waals surface area contributed by atoms with E-state index in [2.05, 4.69) is 99.6 Å². The van der Waals surface area contributed by atoms with Crippen LogP contribution in [0.4, 0.5) is 0 Å². The molecule has 0 saturated carbocycles. The minimum Gasteiger partial charge on any atom is -0.375 e. The number of aryl methyl sites for hydroxylation is 1. The average Bonchev–Trinajstić information content (AvgIpc) is 3.25. The third kappa shape index (κ3) is 13.8. The summed E-state index contributed by atoms with van der Waals surface area (Å²) in [4.78, 5) is 0. The Morgan fingerprint density at radius 2 is 1.29 bits per heavy atom. The van der Waals surface area contributed by atoms with Gasteiger partial charge in [-0.3, -0.25) is 4.68 Å². The fraction of sp³-hybridized carbons (Fsp3) is 0.933. The number of hydrogen-bond donors (Lipinski definition) is 0. The molecule has 1 heterocycles. The van der Waals surface area contributed by atoms with Crippen molar-refractivity contribution in [1.29, 1.82) is 0 Å². The Bertz CT molecular complexity index is 657. The van der Waals surface area contributed by atoms with Gasteiger partial charge in [0, 0.05) is 31.4 Å². The third-order valence-corrected chi connectivity index (χ3v) is 7.10. The van der Waals surface area contributed by atoms with Gasteiger partial charge in [-0.2, -0.15) is 0 Å². The van der Waals surface area contributed by atoms with Crippen molar-refractivity contribution in [2.75, 3.05) is 13.2 Å². The van der Waals surface area contributed by atoms with E-state index in [1.165, 1.54) is 0 Å². The molecule has 1 aromatic heterocycles. The van der Waals surface area contributed by atoms with Gasteiger partial charge in [0.05, 0.1) is 16.9 Å². The molecule has 0 N–H and O–H groups in total. The molecule has 0 bridgehead atoms. The summed E-state index contributed by atoms with van der Waals surface area (Å²) in [6, 6.07) is 0. The van der Waals surface area contributed by atoms with Gasteiger partial charge in [-0.05, 0) is 71.1 Å². The third-order valence-electron chi connectivity index (χ3n) is 7.10. The molecule has 0 aliphatic carbocycles. The Balaban J connectivity index is 0. The predicted molar refractivity (Wildman–Crippen MR) is 153 cm³/mol. The smallest absolute Gasteiger partial charge is 0.0883 e. The van der Waals surface area contributed by atoms with Gasteiger partial charge < -0.3 is 9.47 Å². The van der Waals surface area contributed by atoms with E-state index in [0.29, 0.717) is 17.3 Å². The van der Waals surface area contributed by atoms with E-state index >= 15 is 0 Å². The SMILES string of the molecule is CC.CC.CCn1cc(C(C)(C)CC(C)C(C)(C)OCCC(C)C(C)(C)OCCC(C)(C)C)nn1. The summed E-state index contributed by atoms with van der Waals surface area (Å²) in [5, 5.41) is 8.62. The predicted octanol–water partition coefficient (Wildman–Crippen LogP) is 8.71. The van der Waals surface area contributed by atoms with Crippen LogP contribution in [0.15, 0.2) is 6.20 Å². The lowest BCUT2D eigenvalue weighted by molar-refractivity contribution is -0.0935. The van der Waals surface area contributed by atoms with Crippen molar-refractivity contribution in [2.24, 2.45) is 17.3 Å². The number of hydrogen-bond acceptors (Lipinski definition) is 4. The topological polar surface area (TPSA) is 49.2 Å². The van der Waals surface area contributed by atoms with Gasteiger partial charge in [0.25, 0.3) is 0 Å². The first-order chi connectivity index (χ1) is 16.0. The standard InChI is InChI=1S/C26H51N3O2.2C2H6/c1-13-29-19-22(27-28-29)24(7,8)18-21(3)26(11,12)30-16-14-20(2)25(9,10)31-17-15-23(4,5)6;2*1-2/h19-21H,13-18H2,1-12H3;2*1-2H3. The highest BCUT2D eigenvalue weighted by atomic mass is 16.5. The first-order valence-corrected chi connectivity index (χ1v) is 14.2. The highest BCUT2D eigenvalue weighted by Gasteiger charge is 2.35. The van der Waals surface area contributed by atoms with E-state index in [0.717, 1.165) is 44.7 Å². The molecule has 210 valence electrons. The van der Waals surface area contributed by atoms with E-state index in [-0.39, 0.29) is 16.6 Å². The quantitative estimate of drug-likeness (QED) is 0.273. The zero-order valence-electron chi connectivity index (χ0n) is 26.6. The van der Waals surface area contributed by atoms with E-state index in [1.807, 2.05) is 32.4 Å². The lowest BCUT2D eigenvalue weighted by Crippen LogP contribution is -2.39. The van der Waals surface area contributed by atoms with Crippen molar-refractivity contribution in [2.45, 2.75) is 153 Å². The van der Waals surface area contributed by atoms with Crippen molar-refractivity contribution >= 4 is 0 Å². The molecule has 1 aromatic rings. The highest BCUT2D eigenvalue weighted by molar-refractivity contribution is 5.09. The summed E-state index contributed by atoms with van der Waals surface area (Å²) < 4.78 is 14.6. The Morgan fingerprint density at radius 3 is 1.74 bits per heavy atom. The maximum absolute atomic E-state index is 6.43. The van der Waals surface area contributed by atoms with Crippen LogP contribution >= 0.6 is 0 Å². The molecule has 0 aliphatic rings. The molecule has 0 aromatic carbocycles. The molecule has 2 atom stereocenters. The van der Waals surface area contributed by atoms with Gasteiger partial charge in [-0.1, -0.05) is 81.4 Å². The van der Waals surface area contributed by atoms with Crippen LogP contribution in [0.3, 0.4) is 0 Å². The average molecular weight is 498 g/mol. The summed E-state index contributed by atoms with van der Waals surface area (Å²) in [5.74, 6) is 0.819. The minimum atomic E-state index is -0.199. The molecule has 5 heteroatoms. The van der Waals surface area contributed by atoms with Gasteiger partial charge in [0.2, 0.25) is 0 Å². The number of rotatable bonds is 13. The van der Waals surface area contributed by atoms with Crippen LogP contribution < -0.4 is 0 Å². The van der Waals surface area contributed by atoms with Crippen LogP contribution in [0.1, 0.15) is 136 Å². The minimum absolute atomic E-state index is 0.0381. The number of aromatic nitrogens is 3. The molecular formula is C30H63N3O2. The fourth-order valence-electron chi connectivity index (χ4n) is 3.63. The molecule has 0 saturated heterocycles. The Hall–Kier alpha value is -0.940. The van der Waals surface area contributed by atoms with Crippen molar-refractivity contribution in [3.8, 4) is 0 Å². The summed E-state index contributed by atoms with van der Waals surface area (Å²) in [7, 11) is 0. The first kappa shape index (κ1) is 36.2. The van der Waals surface area contributed by atoms with Gasteiger partial charge in [0.1, 0.15) is 0 Å². The molecule has 35 heavy (non-hydrogen) atoms. The van der Waals surface area contributed by atoms with Gasteiger partial charge in [0.15, 0.2) is 0 Å². The van der Waals surface area contributed by atoms with Crippen LogP contribution in [0.25, 0.3) is 0 Å². The summed E-state index contributed by atoms with van der Waals surface area (Å²) >= 11 is 0. The van der Waals surface area contributed by atoms with Gasteiger partial charge in [-0.25, -0.2) is 0 Å². The largest absolute Gasteiger partial charge is 0.375 e. The normalized spacial score (nSPS) is 14.4. The zero-order chi connectivity index (χ0) is 28.1. The van der Waals surface area contributed by atoms with Crippen LogP contribution in [0, 0.1) is 17.3 Å². The Kier molecular flexibility index (Phi) is 16.6. The molecule has 5 nitrogen and oxygen atoms in total. The van der Waals surface area contributed by atoms with Crippen LogP contribution in [-0.2, 0) is 21.4 Å². The molecule has 1 rings (SSSR count). The van der Waals surface area contributed by atoms with Crippen LogP contribution in [0.2, 0.25) is 0 Å². The zero-order valence-corrected chi connectivity index (χ0v) is 26.6. The van der Waals surface area contributed by atoms with Gasteiger partial charge >= 0.3 is 0 Å². The summed E-state index contributed by atoms with van der Waals surface area (Å²) in [5.41, 5.74) is 0.983. The highest BCUT2D eigenvalue weighted by Crippen LogP contribution is 2.35. The van der Waals surface area contributed by atoms with E-state index in [4.69, 9.17) is 9.47 Å². The fourth-order valence-corrected chi connectivity index (χ4v) is 3.63. The molecular weight excluding hydrogens is 434 g/mol. The molecule has 0 radical (unpaired) electrons. The van der Waals surface area contributed by atoms with Crippen molar-refractivity contribution in [3.63, 3.8) is 0 Å². The second-order valence-electron chi connectivity index (χ2n) is 12.4. The molecule has 0 fully saturated rings. The monoisotopic (exact) mass is 497 g/mol. The summed E-state index contributed by atoms with van der Waals surface area (Å²) in [6.07, 6.45) is 5.14. The van der Waals surface area contributed by atoms with Crippen molar-refractivity contribution < 1.29 is 9.47 Å². The lowest BCUT2D eigenvalue weighted by Gasteiger charge is -2.38. The van der Waals surface area contributed by atoms with E-state index in [1.54, 1.807) is 0 Å². The number of nitrogens with zero attached hydrogens (tertiary/aromatic N) is 3. The second kappa shape index (κ2) is 16.0. The molecule has 2 unspecified atom stereocenters. The maximum atomic E-state index is 6.43. The molecule has 0 spiro atoms. The van der Waals surface area contributed by atoms with E-state index < -0.39 is 0 Å². The van der Waals surface area contributed by atoms with Crippen LogP contribution in [0.5, 0.6) is 0 Å². The number of ether oxygens (including phenoxy) is 2. The molecule has 0 aliphatic heterocycles. The summed E-state index contributed by atoms with van der Waals surface area (Å²) in [6.45, 7) is 37.2. The maximum Gasteiger partial charge on any atom is 0.0883 e.